The summed E-state index contributed by atoms with van der Waals surface area (Å²) in [6.45, 7) is 3.80. The zero-order valence-corrected chi connectivity index (χ0v) is 10.6. The molecule has 0 bridgehead atoms. The van der Waals surface area contributed by atoms with Gasteiger partial charge in [-0.15, -0.1) is 6.58 Å². The first-order chi connectivity index (χ1) is 8.95. The first-order valence-corrected chi connectivity index (χ1v) is 5.88. The predicted octanol–water partition coefficient (Wildman–Crippen LogP) is 2.93. The fourth-order valence-corrected chi connectivity index (χ4v) is 2.30. The summed E-state index contributed by atoms with van der Waals surface area (Å²) >= 11 is 5.78. The highest BCUT2D eigenvalue weighted by Crippen LogP contribution is 2.40. The first kappa shape index (κ1) is 13.5. The van der Waals surface area contributed by atoms with Crippen molar-refractivity contribution in [2.45, 2.75) is 6.42 Å². The molecule has 1 aliphatic rings. The maximum Gasteiger partial charge on any atom is 0.294 e. The Labute approximate surface area is 113 Å². The summed E-state index contributed by atoms with van der Waals surface area (Å²) in [7, 11) is 0. The maximum absolute atomic E-state index is 13.5. The number of anilines is 1. The second kappa shape index (κ2) is 4.97. The van der Waals surface area contributed by atoms with Crippen LogP contribution in [-0.2, 0) is 4.79 Å². The van der Waals surface area contributed by atoms with E-state index in [-0.39, 0.29) is 36.2 Å². The van der Waals surface area contributed by atoms with Gasteiger partial charge in [0.05, 0.1) is 4.92 Å². The van der Waals surface area contributed by atoms with E-state index in [0.29, 0.717) is 0 Å². The molecule has 2 rings (SSSR count). The fourth-order valence-electron chi connectivity index (χ4n) is 2.04. The van der Waals surface area contributed by atoms with Gasteiger partial charge in [-0.2, -0.15) is 0 Å². The summed E-state index contributed by atoms with van der Waals surface area (Å²) in [6.07, 6.45) is 1.78. The molecule has 0 saturated carbocycles. The Bertz CT molecular complexity index is 576. The molecule has 1 fully saturated rings. The summed E-state index contributed by atoms with van der Waals surface area (Å²) in [5.74, 6) is -1.25. The smallest absolute Gasteiger partial charge is 0.294 e. The molecule has 100 valence electrons. The van der Waals surface area contributed by atoms with Crippen LogP contribution >= 0.6 is 11.6 Å². The van der Waals surface area contributed by atoms with E-state index < -0.39 is 15.8 Å². The van der Waals surface area contributed by atoms with Crippen LogP contribution in [0, 0.1) is 21.8 Å². The third kappa shape index (κ3) is 2.31. The molecule has 0 aliphatic carbocycles. The van der Waals surface area contributed by atoms with Crippen molar-refractivity contribution in [3.05, 3.63) is 45.7 Å². The van der Waals surface area contributed by atoms with Gasteiger partial charge in [0.2, 0.25) is 5.91 Å². The van der Waals surface area contributed by atoms with E-state index in [0.717, 1.165) is 17.0 Å². The lowest BCUT2D eigenvalue weighted by Gasteiger charge is -2.17. The molecular formula is C12H10ClFN2O3. The largest absolute Gasteiger partial charge is 0.304 e. The molecule has 5 nitrogen and oxygen atoms in total. The van der Waals surface area contributed by atoms with Crippen LogP contribution in [-0.4, -0.2) is 17.4 Å². The molecule has 1 unspecified atom stereocenters. The second-order valence-corrected chi connectivity index (χ2v) is 4.57. The summed E-state index contributed by atoms with van der Waals surface area (Å²) in [5, 5.41) is 10.6. The molecule has 1 saturated heterocycles. The predicted molar refractivity (Wildman–Crippen MR) is 68.7 cm³/mol. The number of halogens is 2. The van der Waals surface area contributed by atoms with Crippen LogP contribution in [0.3, 0.4) is 0 Å². The van der Waals surface area contributed by atoms with Crippen LogP contribution in [0.15, 0.2) is 24.8 Å². The first-order valence-electron chi connectivity index (χ1n) is 5.51. The Morgan fingerprint density at radius 1 is 1.58 bits per heavy atom. The number of carbonyl (C=O) groups excluding carboxylic acids is 1. The highest BCUT2D eigenvalue weighted by Gasteiger charge is 2.35. The van der Waals surface area contributed by atoms with Crippen LogP contribution in [0.1, 0.15) is 6.42 Å². The zero-order valence-electron chi connectivity index (χ0n) is 9.81. The molecule has 0 spiro atoms. The van der Waals surface area contributed by atoms with E-state index in [4.69, 9.17) is 11.6 Å². The lowest BCUT2D eigenvalue weighted by molar-refractivity contribution is -0.384. The molecule has 1 aromatic rings. The van der Waals surface area contributed by atoms with E-state index in [2.05, 4.69) is 6.58 Å². The van der Waals surface area contributed by atoms with Gasteiger partial charge in [0.25, 0.3) is 5.69 Å². The average molecular weight is 285 g/mol. The van der Waals surface area contributed by atoms with E-state index in [9.17, 15) is 19.3 Å². The monoisotopic (exact) mass is 284 g/mol. The highest BCUT2D eigenvalue weighted by atomic mass is 35.5. The zero-order chi connectivity index (χ0) is 14.2. The van der Waals surface area contributed by atoms with Crippen molar-refractivity contribution in [1.82, 2.24) is 0 Å². The second-order valence-electron chi connectivity index (χ2n) is 4.19. The van der Waals surface area contributed by atoms with Crippen LogP contribution in [0.5, 0.6) is 0 Å². The van der Waals surface area contributed by atoms with E-state index in [1.54, 1.807) is 6.08 Å². The lowest BCUT2D eigenvalue weighted by Crippen LogP contribution is -2.25. The van der Waals surface area contributed by atoms with Crippen LogP contribution in [0.4, 0.5) is 15.8 Å². The van der Waals surface area contributed by atoms with Crippen molar-refractivity contribution in [3.8, 4) is 0 Å². The lowest BCUT2D eigenvalue weighted by atomic mass is 10.1. The van der Waals surface area contributed by atoms with Crippen molar-refractivity contribution < 1.29 is 14.1 Å². The minimum atomic E-state index is -0.794. The normalized spacial score (nSPS) is 18.7. The Hall–Kier alpha value is -1.95. The number of nitro benzene ring substituents is 1. The fraction of sp³-hybridized carbons (Fsp3) is 0.250. The number of benzene rings is 1. The Morgan fingerprint density at radius 3 is 2.79 bits per heavy atom. The third-order valence-electron chi connectivity index (χ3n) is 3.00. The minimum absolute atomic E-state index is 0.119. The topological polar surface area (TPSA) is 63.5 Å². The number of hydrogen-bond donors (Lipinski definition) is 0. The van der Waals surface area contributed by atoms with Crippen molar-refractivity contribution >= 4 is 28.9 Å². The molecule has 1 atom stereocenters. The summed E-state index contributed by atoms with van der Waals surface area (Å²) in [5.41, 5.74) is -0.564. The van der Waals surface area contributed by atoms with Crippen LogP contribution in [0.2, 0.25) is 5.02 Å². The SMILES string of the molecule is C=CC1CC(=O)N(c2c([N+](=O)[O-])ccc(F)c2Cl)C1. The molecular weight excluding hydrogens is 275 g/mol. The number of amides is 1. The number of hydrogen-bond acceptors (Lipinski definition) is 3. The van der Waals surface area contributed by atoms with E-state index in [1.807, 2.05) is 0 Å². The summed E-state index contributed by atoms with van der Waals surface area (Å²) < 4.78 is 13.5. The van der Waals surface area contributed by atoms with Gasteiger partial charge in [-0.05, 0) is 6.07 Å². The van der Waals surface area contributed by atoms with Crippen LogP contribution in [0.25, 0.3) is 0 Å². The number of nitrogens with zero attached hydrogens (tertiary/aromatic N) is 2. The van der Waals surface area contributed by atoms with Gasteiger partial charge in [-0.3, -0.25) is 14.9 Å². The average Bonchev–Trinajstić information content (AvgIpc) is 2.73. The van der Waals surface area contributed by atoms with Gasteiger partial charge in [0, 0.05) is 24.9 Å². The van der Waals surface area contributed by atoms with Gasteiger partial charge < -0.3 is 4.90 Å². The molecule has 0 aromatic heterocycles. The van der Waals surface area contributed by atoms with Crippen molar-refractivity contribution in [1.29, 1.82) is 0 Å². The number of nitro groups is 1. The van der Waals surface area contributed by atoms with Crippen molar-refractivity contribution in [2.24, 2.45) is 5.92 Å². The Kier molecular flexibility index (Phi) is 3.53. The number of carbonyl (C=O) groups is 1. The summed E-state index contributed by atoms with van der Waals surface area (Å²) in [4.78, 5) is 23.3. The molecule has 0 N–H and O–H groups in total. The standard InChI is InChI=1S/C12H10ClFN2O3/c1-2-7-5-10(17)15(6-7)12-9(16(18)19)4-3-8(14)11(12)13/h2-4,7H,1,5-6H2. The van der Waals surface area contributed by atoms with Gasteiger partial charge in [0.1, 0.15) is 16.5 Å². The molecule has 19 heavy (non-hydrogen) atoms. The highest BCUT2D eigenvalue weighted by molar-refractivity contribution is 6.34. The number of rotatable bonds is 3. The van der Waals surface area contributed by atoms with Gasteiger partial charge >= 0.3 is 0 Å². The molecule has 1 heterocycles. The van der Waals surface area contributed by atoms with E-state index in [1.165, 1.54) is 0 Å². The molecule has 0 radical (unpaired) electrons. The minimum Gasteiger partial charge on any atom is -0.304 e. The van der Waals surface area contributed by atoms with Crippen LogP contribution < -0.4 is 4.90 Å². The maximum atomic E-state index is 13.5. The van der Waals surface area contributed by atoms with Gasteiger partial charge in [-0.1, -0.05) is 17.7 Å². The molecule has 7 heteroatoms. The Balaban J connectivity index is 2.55. The third-order valence-corrected chi connectivity index (χ3v) is 3.36. The van der Waals surface area contributed by atoms with Gasteiger partial charge in [-0.25, -0.2) is 4.39 Å². The molecule has 1 amide bonds. The van der Waals surface area contributed by atoms with Crippen molar-refractivity contribution in [3.63, 3.8) is 0 Å². The van der Waals surface area contributed by atoms with Gasteiger partial charge in [0.15, 0.2) is 0 Å². The Morgan fingerprint density at radius 2 is 2.26 bits per heavy atom. The molecule has 1 aliphatic heterocycles. The quantitative estimate of drug-likeness (QED) is 0.487. The molecule has 1 aromatic carbocycles. The van der Waals surface area contributed by atoms with Crippen molar-refractivity contribution in [2.75, 3.05) is 11.4 Å². The van der Waals surface area contributed by atoms with E-state index >= 15 is 0 Å². The summed E-state index contributed by atoms with van der Waals surface area (Å²) in [6, 6.07) is 1.92.